The highest BCUT2D eigenvalue weighted by Gasteiger charge is 2.25. The molecule has 156 valence electrons. The van der Waals surface area contributed by atoms with Crippen LogP contribution in [0, 0.1) is 6.92 Å². The highest BCUT2D eigenvalue weighted by molar-refractivity contribution is 7.89. The Morgan fingerprint density at radius 1 is 1.00 bits per heavy atom. The number of pyridine rings is 1. The molecule has 1 fully saturated rings. The van der Waals surface area contributed by atoms with Gasteiger partial charge in [-0.25, -0.2) is 18.4 Å². The number of anilines is 1. The Morgan fingerprint density at radius 2 is 1.73 bits per heavy atom. The molecule has 1 saturated heterocycles. The zero-order valence-electron chi connectivity index (χ0n) is 16.7. The van der Waals surface area contributed by atoms with Crippen molar-refractivity contribution in [3.05, 3.63) is 66.4 Å². The molecule has 30 heavy (non-hydrogen) atoms. The predicted octanol–water partition coefficient (Wildman–Crippen LogP) is 3.00. The van der Waals surface area contributed by atoms with Crippen LogP contribution < -0.4 is 5.32 Å². The number of rotatable bonds is 5. The van der Waals surface area contributed by atoms with Gasteiger partial charge in [0.05, 0.1) is 16.8 Å². The first-order chi connectivity index (χ1) is 14.4. The van der Waals surface area contributed by atoms with Gasteiger partial charge in [-0.3, -0.25) is 9.36 Å². The van der Waals surface area contributed by atoms with Crippen LogP contribution in [0.3, 0.4) is 0 Å². The number of aryl methyl sites for hydroxylation is 1. The fraction of sp³-hybridized carbons (Fsp3) is 0.286. The highest BCUT2D eigenvalue weighted by Crippen LogP contribution is 2.21. The number of hydrogen-bond acceptors (Lipinski definition) is 5. The zero-order chi connectivity index (χ0) is 21.1. The summed E-state index contributed by atoms with van der Waals surface area (Å²) in [6, 6.07) is 9.59. The molecule has 1 N–H and O–H groups in total. The molecule has 1 aliphatic rings. The van der Waals surface area contributed by atoms with Crippen molar-refractivity contribution in [2.45, 2.75) is 31.1 Å². The molecule has 3 aromatic rings. The molecule has 4 rings (SSSR count). The summed E-state index contributed by atoms with van der Waals surface area (Å²) in [6.07, 6.45) is 7.90. The van der Waals surface area contributed by atoms with Crippen LogP contribution in [-0.2, 0) is 10.0 Å². The van der Waals surface area contributed by atoms with Crippen LogP contribution in [0.5, 0.6) is 0 Å². The van der Waals surface area contributed by atoms with E-state index in [1.807, 2.05) is 17.7 Å². The number of nitrogens with zero attached hydrogens (tertiary/aromatic N) is 4. The second-order valence-electron chi connectivity index (χ2n) is 7.19. The minimum atomic E-state index is -3.51. The average molecular weight is 426 g/mol. The molecule has 2 aromatic heterocycles. The first kappa shape index (κ1) is 20.2. The van der Waals surface area contributed by atoms with Crippen molar-refractivity contribution in [1.82, 2.24) is 18.8 Å². The van der Waals surface area contributed by atoms with Crippen molar-refractivity contribution in [2.75, 3.05) is 18.4 Å². The number of piperidine rings is 1. The molecule has 0 unspecified atom stereocenters. The third-order valence-corrected chi connectivity index (χ3v) is 7.06. The number of benzene rings is 1. The first-order valence-electron chi connectivity index (χ1n) is 9.83. The Labute approximate surface area is 175 Å². The number of carbonyl (C=O) groups excluding carboxylic acids is 1. The Balaban J connectivity index is 1.44. The molecule has 0 aliphatic carbocycles. The summed E-state index contributed by atoms with van der Waals surface area (Å²) in [5.74, 6) is 1.19. The Hall–Kier alpha value is -3.04. The maximum atomic E-state index is 12.7. The lowest BCUT2D eigenvalue weighted by molar-refractivity contribution is 0.102. The van der Waals surface area contributed by atoms with Gasteiger partial charge in [0.2, 0.25) is 10.0 Å². The van der Waals surface area contributed by atoms with E-state index < -0.39 is 10.0 Å². The maximum absolute atomic E-state index is 12.7. The fourth-order valence-corrected chi connectivity index (χ4v) is 4.98. The topological polar surface area (TPSA) is 97.2 Å². The minimum absolute atomic E-state index is 0.211. The normalized spacial score (nSPS) is 15.1. The Kier molecular flexibility index (Phi) is 5.65. The van der Waals surface area contributed by atoms with E-state index in [1.54, 1.807) is 24.5 Å². The van der Waals surface area contributed by atoms with Crippen molar-refractivity contribution in [2.24, 2.45) is 0 Å². The number of aromatic nitrogens is 3. The van der Waals surface area contributed by atoms with E-state index in [1.165, 1.54) is 28.6 Å². The van der Waals surface area contributed by atoms with E-state index >= 15 is 0 Å². The van der Waals surface area contributed by atoms with Gasteiger partial charge in [-0.05, 0) is 56.2 Å². The van der Waals surface area contributed by atoms with Gasteiger partial charge >= 0.3 is 0 Å². The van der Waals surface area contributed by atoms with Crippen LogP contribution in [0.25, 0.3) is 5.82 Å². The summed E-state index contributed by atoms with van der Waals surface area (Å²) in [6.45, 7) is 2.98. The second-order valence-corrected chi connectivity index (χ2v) is 9.13. The lowest BCUT2D eigenvalue weighted by Gasteiger charge is -2.25. The summed E-state index contributed by atoms with van der Waals surface area (Å²) >= 11 is 0. The van der Waals surface area contributed by atoms with Crippen molar-refractivity contribution in [3.8, 4) is 5.82 Å². The van der Waals surface area contributed by atoms with Gasteiger partial charge < -0.3 is 5.32 Å². The number of amides is 1. The van der Waals surface area contributed by atoms with Crippen molar-refractivity contribution in [1.29, 1.82) is 0 Å². The molecule has 1 aromatic carbocycles. The third kappa shape index (κ3) is 4.12. The maximum Gasteiger partial charge on any atom is 0.255 e. The molecular weight excluding hydrogens is 402 g/mol. The van der Waals surface area contributed by atoms with Crippen LogP contribution in [0.2, 0.25) is 0 Å². The van der Waals surface area contributed by atoms with Gasteiger partial charge in [0.15, 0.2) is 0 Å². The highest BCUT2D eigenvalue weighted by atomic mass is 32.2. The molecule has 0 radical (unpaired) electrons. The van der Waals surface area contributed by atoms with Crippen LogP contribution in [0.15, 0.2) is 59.9 Å². The minimum Gasteiger partial charge on any atom is -0.321 e. The molecule has 0 bridgehead atoms. The van der Waals surface area contributed by atoms with E-state index in [2.05, 4.69) is 15.3 Å². The van der Waals surface area contributed by atoms with E-state index in [4.69, 9.17) is 0 Å². The molecular formula is C21H23N5O3S. The standard InChI is InChI=1S/C21H23N5O3S/c1-16-22-11-14-26(16)20-10-7-18(15-23-20)24-21(27)17-5-8-19(9-6-17)30(28,29)25-12-3-2-4-13-25/h5-11,14-15H,2-4,12-13H2,1H3,(H,24,27). The molecule has 1 aliphatic heterocycles. The van der Waals surface area contributed by atoms with Crippen LogP contribution >= 0.6 is 0 Å². The molecule has 1 amide bonds. The zero-order valence-corrected chi connectivity index (χ0v) is 17.5. The summed E-state index contributed by atoms with van der Waals surface area (Å²) in [5, 5.41) is 2.78. The van der Waals surface area contributed by atoms with E-state index in [9.17, 15) is 13.2 Å². The average Bonchev–Trinajstić information content (AvgIpc) is 3.21. The van der Waals surface area contributed by atoms with Gasteiger partial charge in [0.1, 0.15) is 11.6 Å². The summed E-state index contributed by atoms with van der Waals surface area (Å²) in [5.41, 5.74) is 0.925. The van der Waals surface area contributed by atoms with Crippen LogP contribution in [-0.4, -0.2) is 46.3 Å². The quantitative estimate of drug-likeness (QED) is 0.678. The number of hydrogen-bond donors (Lipinski definition) is 1. The predicted molar refractivity (Wildman–Crippen MR) is 113 cm³/mol. The van der Waals surface area contributed by atoms with Crippen LogP contribution in [0.4, 0.5) is 5.69 Å². The van der Waals surface area contributed by atoms with Gasteiger partial charge in [0, 0.05) is 31.0 Å². The summed E-state index contributed by atoms with van der Waals surface area (Å²) in [7, 11) is -3.51. The Morgan fingerprint density at radius 3 is 2.33 bits per heavy atom. The summed E-state index contributed by atoms with van der Waals surface area (Å²) in [4.78, 5) is 21.3. The monoisotopic (exact) mass is 425 g/mol. The molecule has 9 heteroatoms. The number of sulfonamides is 1. The van der Waals surface area contributed by atoms with Gasteiger partial charge in [-0.1, -0.05) is 6.42 Å². The molecule has 0 saturated carbocycles. The summed E-state index contributed by atoms with van der Waals surface area (Å²) < 4.78 is 28.8. The SMILES string of the molecule is Cc1nccn1-c1ccc(NC(=O)c2ccc(S(=O)(=O)N3CCCCC3)cc2)cn1. The van der Waals surface area contributed by atoms with Crippen molar-refractivity contribution < 1.29 is 13.2 Å². The molecule has 0 spiro atoms. The molecule has 3 heterocycles. The van der Waals surface area contributed by atoms with Crippen LogP contribution in [0.1, 0.15) is 35.4 Å². The number of nitrogens with one attached hydrogen (secondary N) is 1. The lowest BCUT2D eigenvalue weighted by atomic mass is 10.2. The van der Waals surface area contributed by atoms with E-state index in [0.29, 0.717) is 30.2 Å². The van der Waals surface area contributed by atoms with E-state index in [0.717, 1.165) is 25.1 Å². The largest absolute Gasteiger partial charge is 0.321 e. The first-order valence-corrected chi connectivity index (χ1v) is 11.3. The van der Waals surface area contributed by atoms with Gasteiger partial charge in [0.25, 0.3) is 5.91 Å². The van der Waals surface area contributed by atoms with Gasteiger partial charge in [-0.15, -0.1) is 0 Å². The van der Waals surface area contributed by atoms with Crippen molar-refractivity contribution >= 4 is 21.6 Å². The second kappa shape index (κ2) is 8.37. The van der Waals surface area contributed by atoms with Gasteiger partial charge in [-0.2, -0.15) is 4.31 Å². The Bertz CT molecular complexity index is 1130. The smallest absolute Gasteiger partial charge is 0.255 e. The number of carbonyl (C=O) groups is 1. The van der Waals surface area contributed by atoms with Crippen molar-refractivity contribution in [3.63, 3.8) is 0 Å². The lowest BCUT2D eigenvalue weighted by Crippen LogP contribution is -2.35. The fourth-order valence-electron chi connectivity index (χ4n) is 3.46. The molecule has 0 atom stereocenters. The number of imidazole rings is 1. The van der Waals surface area contributed by atoms with E-state index in [-0.39, 0.29) is 10.8 Å². The third-order valence-electron chi connectivity index (χ3n) is 5.15. The molecule has 8 nitrogen and oxygen atoms in total.